The third-order valence-corrected chi connectivity index (χ3v) is 6.21. The highest BCUT2D eigenvalue weighted by atomic mass is 16.7. The van der Waals surface area contributed by atoms with Gasteiger partial charge < -0.3 is 24.2 Å². The Morgan fingerprint density at radius 3 is 2.71 bits per heavy atom. The molecular formula is C20H24N4O4. The molecule has 8 heteroatoms. The number of rotatable bonds is 2. The Labute approximate surface area is 163 Å². The summed E-state index contributed by atoms with van der Waals surface area (Å²) in [5.41, 5.74) is 2.54. The van der Waals surface area contributed by atoms with Crippen LogP contribution in [0, 0.1) is 0 Å². The van der Waals surface area contributed by atoms with Crippen molar-refractivity contribution in [2.75, 3.05) is 30.5 Å². The molecule has 1 saturated carbocycles. The standard InChI is InChI=1S/C20H24N4O4/c1-12-18(25)21-15-11-14(3-4-16(15)24(12)2)19-22-17(23-28-19)13-5-7-20(8-6-13)26-9-10-27-20/h3-4,11-13H,5-10H2,1-2H3,(H,21,25)/t12-/m1/s1. The van der Waals surface area contributed by atoms with Gasteiger partial charge in [0.15, 0.2) is 11.6 Å². The van der Waals surface area contributed by atoms with E-state index in [2.05, 4.69) is 15.5 Å². The fourth-order valence-corrected chi connectivity index (χ4v) is 4.32. The second kappa shape index (κ2) is 6.56. The minimum Gasteiger partial charge on any atom is -0.361 e. The molecule has 3 heterocycles. The third kappa shape index (κ3) is 2.87. The molecule has 2 fully saturated rings. The summed E-state index contributed by atoms with van der Waals surface area (Å²) < 4.78 is 17.1. The van der Waals surface area contributed by atoms with Crippen molar-refractivity contribution in [3.63, 3.8) is 0 Å². The maximum absolute atomic E-state index is 12.1. The molecule has 1 aromatic carbocycles. The van der Waals surface area contributed by atoms with E-state index < -0.39 is 0 Å². The van der Waals surface area contributed by atoms with Gasteiger partial charge in [0.1, 0.15) is 6.04 Å². The first-order valence-corrected chi connectivity index (χ1v) is 9.84. The van der Waals surface area contributed by atoms with E-state index in [0.717, 1.165) is 48.4 Å². The molecule has 2 aromatic rings. The monoisotopic (exact) mass is 384 g/mol. The zero-order valence-corrected chi connectivity index (χ0v) is 16.1. The number of fused-ring (bicyclic) bond motifs is 1. The molecule has 0 unspecified atom stereocenters. The van der Waals surface area contributed by atoms with Crippen LogP contribution in [0.5, 0.6) is 0 Å². The van der Waals surface area contributed by atoms with Gasteiger partial charge in [-0.25, -0.2) is 0 Å². The van der Waals surface area contributed by atoms with Crippen LogP contribution >= 0.6 is 0 Å². The van der Waals surface area contributed by atoms with Gasteiger partial charge in [-0.3, -0.25) is 4.79 Å². The molecule has 1 atom stereocenters. The van der Waals surface area contributed by atoms with Crippen LogP contribution in [0.2, 0.25) is 0 Å². The van der Waals surface area contributed by atoms with Crippen LogP contribution in [0.15, 0.2) is 22.7 Å². The highest BCUT2D eigenvalue weighted by Crippen LogP contribution is 2.42. The van der Waals surface area contributed by atoms with Gasteiger partial charge in [-0.2, -0.15) is 4.98 Å². The van der Waals surface area contributed by atoms with Crippen molar-refractivity contribution in [2.45, 2.75) is 50.4 Å². The topological polar surface area (TPSA) is 89.7 Å². The normalized spacial score (nSPS) is 24.4. The third-order valence-electron chi connectivity index (χ3n) is 6.21. The number of hydrogen-bond donors (Lipinski definition) is 1. The molecule has 8 nitrogen and oxygen atoms in total. The molecule has 1 saturated heterocycles. The van der Waals surface area contributed by atoms with Crippen molar-refractivity contribution in [2.24, 2.45) is 0 Å². The average Bonchev–Trinajstić information content (AvgIpc) is 3.37. The maximum atomic E-state index is 12.1. The van der Waals surface area contributed by atoms with E-state index in [1.807, 2.05) is 37.1 Å². The lowest BCUT2D eigenvalue weighted by Crippen LogP contribution is -2.43. The van der Waals surface area contributed by atoms with Crippen molar-refractivity contribution >= 4 is 17.3 Å². The Morgan fingerprint density at radius 2 is 1.96 bits per heavy atom. The molecule has 148 valence electrons. The SMILES string of the molecule is C[C@@H]1C(=O)Nc2cc(-c3nc(C4CCC5(CC4)OCCO5)no3)ccc2N1C. The van der Waals surface area contributed by atoms with Crippen molar-refractivity contribution in [1.29, 1.82) is 0 Å². The van der Waals surface area contributed by atoms with Gasteiger partial charge in [-0.15, -0.1) is 0 Å². The van der Waals surface area contributed by atoms with Gasteiger partial charge in [0.05, 0.1) is 24.6 Å². The Hall–Kier alpha value is -2.45. The summed E-state index contributed by atoms with van der Waals surface area (Å²) in [5.74, 6) is 1.05. The van der Waals surface area contributed by atoms with Crippen LogP contribution < -0.4 is 10.2 Å². The predicted molar refractivity (Wildman–Crippen MR) is 102 cm³/mol. The van der Waals surface area contributed by atoms with E-state index in [-0.39, 0.29) is 23.7 Å². The number of benzene rings is 1. The van der Waals surface area contributed by atoms with Gasteiger partial charge in [0.2, 0.25) is 5.91 Å². The molecule has 0 radical (unpaired) electrons. The van der Waals surface area contributed by atoms with E-state index in [4.69, 9.17) is 14.0 Å². The number of likely N-dealkylation sites (N-methyl/N-ethyl adjacent to an activating group) is 1. The number of ether oxygens (including phenoxy) is 2. The summed E-state index contributed by atoms with van der Waals surface area (Å²) in [4.78, 5) is 18.7. The Bertz CT molecular complexity index is 895. The summed E-state index contributed by atoms with van der Waals surface area (Å²) in [6.07, 6.45) is 3.55. The van der Waals surface area contributed by atoms with E-state index in [1.54, 1.807) is 0 Å². The van der Waals surface area contributed by atoms with Gasteiger partial charge >= 0.3 is 0 Å². The van der Waals surface area contributed by atoms with Crippen molar-refractivity contribution in [1.82, 2.24) is 10.1 Å². The molecule has 1 N–H and O–H groups in total. The lowest BCUT2D eigenvalue weighted by atomic mass is 9.84. The van der Waals surface area contributed by atoms with Crippen molar-refractivity contribution < 1.29 is 18.8 Å². The van der Waals surface area contributed by atoms with E-state index in [9.17, 15) is 4.79 Å². The van der Waals surface area contributed by atoms with Crippen LogP contribution in [0.25, 0.3) is 11.5 Å². The Kier molecular flexibility index (Phi) is 4.13. The minimum atomic E-state index is -0.386. The van der Waals surface area contributed by atoms with Crippen LogP contribution in [0.3, 0.4) is 0 Å². The van der Waals surface area contributed by atoms with E-state index in [1.165, 1.54) is 0 Å². The molecule has 28 heavy (non-hydrogen) atoms. The van der Waals surface area contributed by atoms with E-state index in [0.29, 0.717) is 19.1 Å². The largest absolute Gasteiger partial charge is 0.361 e. The lowest BCUT2D eigenvalue weighted by Gasteiger charge is -2.34. The number of carbonyl (C=O) groups is 1. The number of nitrogens with zero attached hydrogens (tertiary/aromatic N) is 3. The molecule has 2 aliphatic heterocycles. The fraction of sp³-hybridized carbons (Fsp3) is 0.550. The Balaban J connectivity index is 1.34. The van der Waals surface area contributed by atoms with Gasteiger partial charge in [-0.05, 0) is 38.0 Å². The number of nitrogens with one attached hydrogen (secondary N) is 1. The quantitative estimate of drug-likeness (QED) is 0.851. The highest BCUT2D eigenvalue weighted by molar-refractivity contribution is 6.03. The number of aromatic nitrogens is 2. The number of anilines is 2. The second-order valence-electron chi connectivity index (χ2n) is 7.85. The lowest BCUT2D eigenvalue weighted by molar-refractivity contribution is -0.179. The smallest absolute Gasteiger partial charge is 0.258 e. The molecular weight excluding hydrogens is 360 g/mol. The minimum absolute atomic E-state index is 0.0224. The van der Waals surface area contributed by atoms with Crippen molar-refractivity contribution in [3.8, 4) is 11.5 Å². The second-order valence-corrected chi connectivity index (χ2v) is 7.85. The van der Waals surface area contributed by atoms with Crippen LogP contribution in [0.1, 0.15) is 44.3 Å². The maximum Gasteiger partial charge on any atom is 0.258 e. The zero-order chi connectivity index (χ0) is 19.3. The summed E-state index contributed by atoms with van der Waals surface area (Å²) in [5, 5.41) is 7.17. The summed E-state index contributed by atoms with van der Waals surface area (Å²) in [6.45, 7) is 3.24. The molecule has 1 aliphatic carbocycles. The summed E-state index contributed by atoms with van der Waals surface area (Å²) >= 11 is 0. The van der Waals surface area contributed by atoms with Crippen LogP contribution in [-0.2, 0) is 14.3 Å². The van der Waals surface area contributed by atoms with E-state index >= 15 is 0 Å². The zero-order valence-electron chi connectivity index (χ0n) is 16.1. The van der Waals surface area contributed by atoms with Gasteiger partial charge in [-0.1, -0.05) is 5.16 Å². The first kappa shape index (κ1) is 17.6. The molecule has 0 bridgehead atoms. The average molecular weight is 384 g/mol. The molecule has 3 aliphatic rings. The first-order valence-electron chi connectivity index (χ1n) is 9.84. The Morgan fingerprint density at radius 1 is 1.21 bits per heavy atom. The van der Waals surface area contributed by atoms with Crippen LogP contribution in [0.4, 0.5) is 11.4 Å². The molecule has 1 amide bonds. The number of hydrogen-bond acceptors (Lipinski definition) is 7. The fourth-order valence-electron chi connectivity index (χ4n) is 4.32. The van der Waals surface area contributed by atoms with Gasteiger partial charge in [0, 0.05) is 31.4 Å². The highest BCUT2D eigenvalue weighted by Gasteiger charge is 2.41. The van der Waals surface area contributed by atoms with Crippen molar-refractivity contribution in [3.05, 3.63) is 24.0 Å². The number of carbonyl (C=O) groups excluding carboxylic acids is 1. The predicted octanol–water partition coefficient (Wildman–Crippen LogP) is 2.91. The van der Waals surface area contributed by atoms with Gasteiger partial charge in [0.25, 0.3) is 5.89 Å². The van der Waals surface area contributed by atoms with Crippen LogP contribution in [-0.4, -0.2) is 48.1 Å². The number of amides is 1. The first-order chi connectivity index (χ1) is 13.5. The molecule has 1 spiro atoms. The molecule has 5 rings (SSSR count). The summed E-state index contributed by atoms with van der Waals surface area (Å²) in [6, 6.07) is 5.62. The molecule has 1 aromatic heterocycles. The summed E-state index contributed by atoms with van der Waals surface area (Å²) in [7, 11) is 1.92.